The summed E-state index contributed by atoms with van der Waals surface area (Å²) in [6.45, 7) is 1.98. The van der Waals surface area contributed by atoms with Gasteiger partial charge in [0.1, 0.15) is 0 Å². The van der Waals surface area contributed by atoms with Gasteiger partial charge in [-0.3, -0.25) is 9.48 Å². The van der Waals surface area contributed by atoms with E-state index in [2.05, 4.69) is 15.4 Å². The molecule has 0 spiro atoms. The third-order valence-electron chi connectivity index (χ3n) is 5.13. The number of hydrogen-bond donors (Lipinski definition) is 2. The molecule has 2 heterocycles. The molecule has 160 valence electrons. The quantitative estimate of drug-likeness (QED) is 0.439. The second kappa shape index (κ2) is 8.29. The summed E-state index contributed by atoms with van der Waals surface area (Å²) < 4.78 is 40.3. The maximum absolute atomic E-state index is 12.9. The fourth-order valence-corrected chi connectivity index (χ4v) is 3.54. The van der Waals surface area contributed by atoms with Gasteiger partial charge in [0.2, 0.25) is 5.91 Å². The first-order valence-electron chi connectivity index (χ1n) is 9.85. The summed E-state index contributed by atoms with van der Waals surface area (Å²) in [5, 5.41) is 8.20. The summed E-state index contributed by atoms with van der Waals surface area (Å²) in [6, 6.07) is 14.8. The largest absolute Gasteiger partial charge is 0.416 e. The van der Waals surface area contributed by atoms with Gasteiger partial charge in [-0.25, -0.2) is 0 Å². The third-order valence-corrected chi connectivity index (χ3v) is 5.13. The number of rotatable bonds is 6. The zero-order valence-corrected chi connectivity index (χ0v) is 16.8. The zero-order valence-electron chi connectivity index (χ0n) is 16.8. The molecule has 4 rings (SSSR count). The van der Waals surface area contributed by atoms with Crippen LogP contribution in [0, 0.1) is 6.92 Å². The number of anilines is 1. The number of aryl methyl sites for hydroxylation is 2. The maximum atomic E-state index is 12.9. The van der Waals surface area contributed by atoms with Gasteiger partial charge in [0.25, 0.3) is 0 Å². The molecule has 0 atom stereocenters. The molecule has 0 radical (unpaired) electrons. The number of halogens is 3. The van der Waals surface area contributed by atoms with Gasteiger partial charge in [0, 0.05) is 35.3 Å². The fraction of sp³-hybridized carbons (Fsp3) is 0.217. The van der Waals surface area contributed by atoms with Gasteiger partial charge in [0.15, 0.2) is 5.82 Å². The summed E-state index contributed by atoms with van der Waals surface area (Å²) in [7, 11) is 0. The number of alkyl halides is 3. The molecule has 8 heteroatoms. The summed E-state index contributed by atoms with van der Waals surface area (Å²) in [5.74, 6) is 0.211. The summed E-state index contributed by atoms with van der Waals surface area (Å²) in [5.41, 5.74) is 2.63. The Morgan fingerprint density at radius 2 is 1.94 bits per heavy atom. The molecule has 0 aliphatic rings. The Labute approximate surface area is 176 Å². The molecular formula is C23H21F3N4O. The van der Waals surface area contributed by atoms with Gasteiger partial charge >= 0.3 is 6.18 Å². The molecule has 0 unspecified atom stereocenters. The maximum Gasteiger partial charge on any atom is 0.416 e. The Morgan fingerprint density at radius 1 is 1.13 bits per heavy atom. The highest BCUT2D eigenvalue weighted by Gasteiger charge is 2.30. The number of carbonyl (C=O) groups excluding carboxylic acids is 1. The van der Waals surface area contributed by atoms with Crippen LogP contribution < -0.4 is 5.32 Å². The first kappa shape index (κ1) is 20.7. The second-order valence-corrected chi connectivity index (χ2v) is 7.43. The van der Waals surface area contributed by atoms with E-state index in [4.69, 9.17) is 0 Å². The van der Waals surface area contributed by atoms with E-state index in [0.29, 0.717) is 24.2 Å². The van der Waals surface area contributed by atoms with Crippen LogP contribution in [0.1, 0.15) is 28.8 Å². The SMILES string of the molecule is Cc1cc(NC(=O)CCc2c[nH]c3ccccc23)nn1Cc1cccc(C(F)(F)F)c1. The van der Waals surface area contributed by atoms with E-state index < -0.39 is 11.7 Å². The van der Waals surface area contributed by atoms with Crippen molar-refractivity contribution in [2.75, 3.05) is 5.32 Å². The van der Waals surface area contributed by atoms with Crippen LogP contribution in [0.5, 0.6) is 0 Å². The van der Waals surface area contributed by atoms with E-state index in [9.17, 15) is 18.0 Å². The number of aromatic amines is 1. The number of H-pyrrole nitrogens is 1. The van der Waals surface area contributed by atoms with Gasteiger partial charge in [-0.15, -0.1) is 0 Å². The Morgan fingerprint density at radius 3 is 2.74 bits per heavy atom. The fourth-order valence-electron chi connectivity index (χ4n) is 3.54. The number of fused-ring (bicyclic) bond motifs is 1. The van der Waals surface area contributed by atoms with Crippen LogP contribution in [-0.2, 0) is 23.9 Å². The van der Waals surface area contributed by atoms with Crippen molar-refractivity contribution in [1.82, 2.24) is 14.8 Å². The Balaban J connectivity index is 1.39. The number of nitrogens with zero attached hydrogens (tertiary/aromatic N) is 2. The third kappa shape index (κ3) is 4.79. The van der Waals surface area contributed by atoms with Crippen LogP contribution in [0.25, 0.3) is 10.9 Å². The molecule has 2 N–H and O–H groups in total. The summed E-state index contributed by atoms with van der Waals surface area (Å²) in [4.78, 5) is 15.6. The van der Waals surface area contributed by atoms with Crippen LogP contribution >= 0.6 is 0 Å². The zero-order chi connectivity index (χ0) is 22.0. The topological polar surface area (TPSA) is 62.7 Å². The number of benzene rings is 2. The highest BCUT2D eigenvalue weighted by Crippen LogP contribution is 2.29. The van der Waals surface area contributed by atoms with E-state index in [1.54, 1.807) is 23.7 Å². The van der Waals surface area contributed by atoms with Crippen molar-refractivity contribution in [3.63, 3.8) is 0 Å². The van der Waals surface area contributed by atoms with E-state index >= 15 is 0 Å². The lowest BCUT2D eigenvalue weighted by Gasteiger charge is -2.09. The minimum absolute atomic E-state index is 0.172. The van der Waals surface area contributed by atoms with E-state index in [1.807, 2.05) is 30.5 Å². The van der Waals surface area contributed by atoms with Gasteiger partial charge in [-0.1, -0.05) is 30.3 Å². The van der Waals surface area contributed by atoms with Crippen molar-refractivity contribution < 1.29 is 18.0 Å². The molecule has 2 aromatic carbocycles. The smallest absolute Gasteiger partial charge is 0.361 e. The molecule has 4 aromatic rings. The molecule has 0 aliphatic heterocycles. The number of para-hydroxylation sites is 1. The van der Waals surface area contributed by atoms with Crippen LogP contribution in [-0.4, -0.2) is 20.7 Å². The van der Waals surface area contributed by atoms with Gasteiger partial charge < -0.3 is 10.3 Å². The average molecular weight is 426 g/mol. The van der Waals surface area contributed by atoms with Gasteiger partial charge in [-0.05, 0) is 42.7 Å². The predicted octanol–water partition coefficient (Wildman–Crippen LogP) is 5.31. The van der Waals surface area contributed by atoms with Crippen LogP contribution in [0.15, 0.2) is 60.8 Å². The van der Waals surface area contributed by atoms with Crippen molar-refractivity contribution in [3.8, 4) is 0 Å². The highest BCUT2D eigenvalue weighted by atomic mass is 19.4. The number of carbonyl (C=O) groups is 1. The summed E-state index contributed by atoms with van der Waals surface area (Å²) >= 11 is 0. The molecule has 0 bridgehead atoms. The van der Waals surface area contributed by atoms with Crippen molar-refractivity contribution >= 4 is 22.6 Å². The van der Waals surface area contributed by atoms with Crippen LogP contribution in [0.3, 0.4) is 0 Å². The van der Waals surface area contributed by atoms with E-state index in [1.165, 1.54) is 6.07 Å². The first-order chi connectivity index (χ1) is 14.8. The second-order valence-electron chi connectivity index (χ2n) is 7.43. The van der Waals surface area contributed by atoms with E-state index in [0.717, 1.165) is 34.3 Å². The normalized spacial score (nSPS) is 11.7. The minimum Gasteiger partial charge on any atom is -0.361 e. The number of hydrogen-bond acceptors (Lipinski definition) is 2. The molecule has 2 aromatic heterocycles. The molecular weight excluding hydrogens is 405 g/mol. The minimum atomic E-state index is -4.39. The molecule has 0 saturated heterocycles. The van der Waals surface area contributed by atoms with E-state index in [-0.39, 0.29) is 12.5 Å². The van der Waals surface area contributed by atoms with Gasteiger partial charge in [0.05, 0.1) is 12.1 Å². The molecule has 0 saturated carbocycles. The van der Waals surface area contributed by atoms with Crippen LogP contribution in [0.4, 0.5) is 19.0 Å². The molecule has 31 heavy (non-hydrogen) atoms. The molecule has 0 aliphatic carbocycles. The number of amides is 1. The lowest BCUT2D eigenvalue weighted by atomic mass is 10.1. The van der Waals surface area contributed by atoms with Crippen LogP contribution in [0.2, 0.25) is 0 Å². The monoisotopic (exact) mass is 426 g/mol. The lowest BCUT2D eigenvalue weighted by Crippen LogP contribution is -2.13. The van der Waals surface area contributed by atoms with Crippen molar-refractivity contribution in [3.05, 3.63) is 83.2 Å². The lowest BCUT2D eigenvalue weighted by molar-refractivity contribution is -0.137. The number of nitrogens with one attached hydrogen (secondary N) is 2. The Hall–Kier alpha value is -3.55. The molecule has 0 fully saturated rings. The first-order valence-corrected chi connectivity index (χ1v) is 9.85. The van der Waals surface area contributed by atoms with Crippen molar-refractivity contribution in [2.45, 2.75) is 32.5 Å². The molecule has 1 amide bonds. The van der Waals surface area contributed by atoms with Crippen molar-refractivity contribution in [2.24, 2.45) is 0 Å². The number of aromatic nitrogens is 3. The molecule has 5 nitrogen and oxygen atoms in total. The summed E-state index contributed by atoms with van der Waals surface area (Å²) in [6.07, 6.45) is -1.61. The predicted molar refractivity (Wildman–Crippen MR) is 113 cm³/mol. The average Bonchev–Trinajstić information content (AvgIpc) is 3.29. The van der Waals surface area contributed by atoms with Gasteiger partial charge in [-0.2, -0.15) is 18.3 Å². The Kier molecular flexibility index (Phi) is 5.54. The standard InChI is InChI=1S/C23H21F3N4O/c1-15-11-21(29-30(15)14-16-5-4-6-18(12-16)23(24,25)26)28-22(31)10-9-17-13-27-20-8-3-2-7-19(17)20/h2-8,11-13,27H,9-10,14H2,1H3,(H,28,29,31). The highest BCUT2D eigenvalue weighted by molar-refractivity contribution is 5.90. The van der Waals surface area contributed by atoms with Crippen molar-refractivity contribution in [1.29, 1.82) is 0 Å². The Bertz CT molecular complexity index is 1220.